The lowest BCUT2D eigenvalue weighted by atomic mass is 10.1. The topological polar surface area (TPSA) is 48.5 Å². The predicted octanol–water partition coefficient (Wildman–Crippen LogP) is 4.63. The maximum Gasteiger partial charge on any atom is 0.255 e. The predicted molar refractivity (Wildman–Crippen MR) is 122 cm³/mol. The molecule has 0 bridgehead atoms. The van der Waals surface area contributed by atoms with E-state index in [1.807, 2.05) is 37.3 Å². The minimum Gasteiger partial charge on any atom is -0.355 e. The molecule has 3 aromatic rings. The fourth-order valence-corrected chi connectivity index (χ4v) is 3.92. The summed E-state index contributed by atoms with van der Waals surface area (Å²) >= 11 is 0. The van der Waals surface area contributed by atoms with E-state index in [2.05, 4.69) is 20.1 Å². The Labute approximate surface area is 186 Å². The first kappa shape index (κ1) is 21.9. The molecule has 0 spiro atoms. The molecule has 0 saturated carbocycles. The third kappa shape index (κ3) is 5.29. The number of amides is 1. The highest BCUT2D eigenvalue weighted by Crippen LogP contribution is 2.19. The van der Waals surface area contributed by atoms with Crippen molar-refractivity contribution in [3.05, 3.63) is 89.1 Å². The molecule has 5 nitrogen and oxygen atoms in total. The Bertz CT molecular complexity index is 1090. The van der Waals surface area contributed by atoms with E-state index >= 15 is 0 Å². The standard InChI is InChI=1S/C25H26F2N4O/c1-18-5-2-3-6-22(18)25(32)29-21-9-10-24(28-16-21)31-12-4-11-30(13-14-31)17-19-7-8-20(26)15-23(19)27/h2-3,5-10,15-16H,4,11-14,17H2,1H3,(H,29,32). The Morgan fingerprint density at radius 3 is 2.62 bits per heavy atom. The van der Waals surface area contributed by atoms with Gasteiger partial charge in [-0.3, -0.25) is 9.69 Å². The molecule has 0 radical (unpaired) electrons. The molecule has 1 fully saturated rings. The number of carbonyl (C=O) groups excluding carboxylic acids is 1. The van der Waals surface area contributed by atoms with E-state index in [1.54, 1.807) is 12.3 Å². The van der Waals surface area contributed by atoms with Crippen LogP contribution in [0.5, 0.6) is 0 Å². The molecular weight excluding hydrogens is 410 g/mol. The largest absolute Gasteiger partial charge is 0.355 e. The van der Waals surface area contributed by atoms with Gasteiger partial charge in [-0.05, 0) is 43.2 Å². The number of carbonyl (C=O) groups is 1. The number of hydrogen-bond acceptors (Lipinski definition) is 4. The molecule has 0 atom stereocenters. The average molecular weight is 437 g/mol. The lowest BCUT2D eigenvalue weighted by Crippen LogP contribution is -2.31. The number of hydrogen-bond donors (Lipinski definition) is 1. The van der Waals surface area contributed by atoms with Gasteiger partial charge >= 0.3 is 0 Å². The summed E-state index contributed by atoms with van der Waals surface area (Å²) in [6.07, 6.45) is 2.58. The molecule has 0 aliphatic carbocycles. The highest BCUT2D eigenvalue weighted by Gasteiger charge is 2.18. The fourth-order valence-electron chi connectivity index (χ4n) is 3.92. The maximum atomic E-state index is 14.0. The Hall–Kier alpha value is -3.32. The number of aromatic nitrogens is 1. The summed E-state index contributed by atoms with van der Waals surface area (Å²) in [6, 6.07) is 15.0. The summed E-state index contributed by atoms with van der Waals surface area (Å²) in [5.41, 5.74) is 2.71. The van der Waals surface area contributed by atoms with Gasteiger partial charge in [-0.15, -0.1) is 0 Å². The molecule has 2 aromatic carbocycles. The van der Waals surface area contributed by atoms with Crippen molar-refractivity contribution in [1.82, 2.24) is 9.88 Å². The molecule has 1 aliphatic heterocycles. The molecule has 4 rings (SSSR count). The normalized spacial score (nSPS) is 14.8. The van der Waals surface area contributed by atoms with E-state index in [0.717, 1.165) is 50.0 Å². The first-order valence-electron chi connectivity index (χ1n) is 10.7. The van der Waals surface area contributed by atoms with Crippen molar-refractivity contribution in [2.75, 3.05) is 36.4 Å². The first-order valence-corrected chi connectivity index (χ1v) is 10.7. The summed E-state index contributed by atoms with van der Waals surface area (Å²) in [6.45, 7) is 5.54. The molecule has 32 heavy (non-hydrogen) atoms. The summed E-state index contributed by atoms with van der Waals surface area (Å²) in [5, 5.41) is 2.89. The Morgan fingerprint density at radius 2 is 1.88 bits per heavy atom. The third-order valence-electron chi connectivity index (χ3n) is 5.72. The van der Waals surface area contributed by atoms with Crippen molar-refractivity contribution in [2.24, 2.45) is 0 Å². The van der Waals surface area contributed by atoms with Crippen LogP contribution in [0.15, 0.2) is 60.8 Å². The number of nitrogens with zero attached hydrogens (tertiary/aromatic N) is 3. The Morgan fingerprint density at radius 1 is 1.03 bits per heavy atom. The molecule has 1 amide bonds. The van der Waals surface area contributed by atoms with E-state index in [9.17, 15) is 13.6 Å². The minimum absolute atomic E-state index is 0.156. The summed E-state index contributed by atoms with van der Waals surface area (Å²) < 4.78 is 27.1. The molecular formula is C25H26F2N4O. The van der Waals surface area contributed by atoms with Crippen molar-refractivity contribution in [3.63, 3.8) is 0 Å². The van der Waals surface area contributed by atoms with Crippen LogP contribution in [0, 0.1) is 18.6 Å². The zero-order chi connectivity index (χ0) is 22.5. The monoisotopic (exact) mass is 436 g/mol. The smallest absolute Gasteiger partial charge is 0.255 e. The van der Waals surface area contributed by atoms with E-state index in [-0.39, 0.29) is 5.91 Å². The summed E-state index contributed by atoms with van der Waals surface area (Å²) in [5.74, 6) is -0.376. The van der Waals surface area contributed by atoms with Crippen LogP contribution >= 0.6 is 0 Å². The Balaban J connectivity index is 1.35. The average Bonchev–Trinajstić information content (AvgIpc) is 3.02. The first-order chi connectivity index (χ1) is 15.5. The number of pyridine rings is 1. The van der Waals surface area contributed by atoms with Crippen LogP contribution in [0.2, 0.25) is 0 Å². The van der Waals surface area contributed by atoms with Crippen molar-refractivity contribution in [2.45, 2.75) is 19.9 Å². The number of rotatable bonds is 5. The minimum atomic E-state index is -0.557. The molecule has 7 heteroatoms. The molecule has 166 valence electrons. The van der Waals surface area contributed by atoms with Gasteiger partial charge in [0.05, 0.1) is 11.9 Å². The summed E-state index contributed by atoms with van der Waals surface area (Å²) in [4.78, 5) is 21.4. The second kappa shape index (κ2) is 9.87. The van der Waals surface area contributed by atoms with Gasteiger partial charge < -0.3 is 10.2 Å². The van der Waals surface area contributed by atoms with Crippen LogP contribution < -0.4 is 10.2 Å². The van der Waals surface area contributed by atoms with E-state index in [4.69, 9.17) is 0 Å². The number of nitrogens with one attached hydrogen (secondary N) is 1. The van der Waals surface area contributed by atoms with E-state index in [1.165, 1.54) is 12.1 Å². The zero-order valence-corrected chi connectivity index (χ0v) is 18.0. The van der Waals surface area contributed by atoms with Crippen molar-refractivity contribution in [3.8, 4) is 0 Å². The van der Waals surface area contributed by atoms with Gasteiger partial charge in [0.1, 0.15) is 17.5 Å². The van der Waals surface area contributed by atoms with Gasteiger partial charge in [0.25, 0.3) is 5.91 Å². The van der Waals surface area contributed by atoms with Crippen molar-refractivity contribution < 1.29 is 13.6 Å². The quantitative estimate of drug-likeness (QED) is 0.634. The molecule has 1 aliphatic rings. The molecule has 1 N–H and O–H groups in total. The maximum absolute atomic E-state index is 14.0. The van der Waals surface area contributed by atoms with Gasteiger partial charge in [0, 0.05) is 49.9 Å². The van der Waals surface area contributed by atoms with Crippen molar-refractivity contribution in [1.29, 1.82) is 0 Å². The van der Waals surface area contributed by atoms with Crippen LogP contribution in [0.25, 0.3) is 0 Å². The van der Waals surface area contributed by atoms with Crippen LogP contribution in [0.3, 0.4) is 0 Å². The highest BCUT2D eigenvalue weighted by atomic mass is 19.1. The van der Waals surface area contributed by atoms with Gasteiger partial charge in [-0.25, -0.2) is 13.8 Å². The SMILES string of the molecule is Cc1ccccc1C(=O)Nc1ccc(N2CCCN(Cc3ccc(F)cc3F)CC2)nc1. The van der Waals surface area contributed by atoms with Gasteiger partial charge in [-0.1, -0.05) is 24.3 Å². The van der Waals surface area contributed by atoms with Crippen LogP contribution in [-0.4, -0.2) is 42.0 Å². The lowest BCUT2D eigenvalue weighted by Gasteiger charge is -2.23. The van der Waals surface area contributed by atoms with Crippen molar-refractivity contribution >= 4 is 17.4 Å². The van der Waals surface area contributed by atoms with Crippen LogP contribution in [-0.2, 0) is 6.54 Å². The van der Waals surface area contributed by atoms with E-state index < -0.39 is 11.6 Å². The molecule has 1 saturated heterocycles. The van der Waals surface area contributed by atoms with Crippen LogP contribution in [0.1, 0.15) is 27.9 Å². The molecule has 1 aromatic heterocycles. The van der Waals surface area contributed by atoms with Gasteiger partial charge in [-0.2, -0.15) is 0 Å². The second-order valence-corrected chi connectivity index (χ2v) is 8.03. The van der Waals surface area contributed by atoms with Gasteiger partial charge in [0.15, 0.2) is 0 Å². The highest BCUT2D eigenvalue weighted by molar-refractivity contribution is 6.05. The molecule has 2 heterocycles. The number of aryl methyl sites for hydroxylation is 1. The fraction of sp³-hybridized carbons (Fsp3) is 0.280. The summed E-state index contributed by atoms with van der Waals surface area (Å²) in [7, 11) is 0. The second-order valence-electron chi connectivity index (χ2n) is 8.03. The molecule has 0 unspecified atom stereocenters. The number of halogens is 2. The number of benzene rings is 2. The van der Waals surface area contributed by atoms with Crippen LogP contribution in [0.4, 0.5) is 20.3 Å². The zero-order valence-electron chi connectivity index (χ0n) is 18.0. The van der Waals surface area contributed by atoms with Gasteiger partial charge in [0.2, 0.25) is 0 Å². The Kier molecular flexibility index (Phi) is 6.75. The number of anilines is 2. The van der Waals surface area contributed by atoms with E-state index in [0.29, 0.717) is 23.4 Å². The third-order valence-corrected chi connectivity index (χ3v) is 5.72. The lowest BCUT2D eigenvalue weighted by molar-refractivity contribution is 0.102.